The lowest BCUT2D eigenvalue weighted by atomic mass is 9.95. The summed E-state index contributed by atoms with van der Waals surface area (Å²) in [6.45, 7) is 4.00. The van der Waals surface area contributed by atoms with E-state index in [-0.39, 0.29) is 0 Å². The van der Waals surface area contributed by atoms with Crippen LogP contribution in [0.4, 0.5) is 0 Å². The maximum atomic E-state index is 9.49. The minimum absolute atomic E-state index is 0.317. The first-order chi connectivity index (χ1) is 12.3. The molecule has 0 spiro atoms. The predicted molar refractivity (Wildman–Crippen MR) is 107 cm³/mol. The molecule has 1 aliphatic carbocycles. The van der Waals surface area contributed by atoms with Crippen molar-refractivity contribution in [3.8, 4) is 5.75 Å². The van der Waals surface area contributed by atoms with Gasteiger partial charge in [0.1, 0.15) is 5.75 Å². The van der Waals surface area contributed by atoms with Gasteiger partial charge in [-0.3, -0.25) is 0 Å². The van der Waals surface area contributed by atoms with Crippen molar-refractivity contribution in [2.24, 2.45) is 0 Å². The van der Waals surface area contributed by atoms with Crippen molar-refractivity contribution < 1.29 is 5.11 Å². The van der Waals surface area contributed by atoms with Gasteiger partial charge in [-0.25, -0.2) is 0 Å². The number of fused-ring (bicyclic) bond motifs is 1. The third kappa shape index (κ3) is 3.66. The molecule has 0 saturated carbocycles. The van der Waals surface area contributed by atoms with E-state index in [0.29, 0.717) is 5.75 Å². The summed E-state index contributed by atoms with van der Waals surface area (Å²) in [7, 11) is 0. The average Bonchev–Trinajstić information content (AvgIpc) is 3.04. The summed E-state index contributed by atoms with van der Waals surface area (Å²) in [6.07, 6.45) is 1.88. The lowest BCUT2D eigenvalue weighted by molar-refractivity contribution is 0.475. The van der Waals surface area contributed by atoms with Gasteiger partial charge >= 0.3 is 0 Å². The van der Waals surface area contributed by atoms with Crippen LogP contribution in [0.2, 0.25) is 0 Å². The number of hydrogen-bond donors (Lipinski definition) is 1. The van der Waals surface area contributed by atoms with E-state index in [1.807, 2.05) is 26.0 Å². The lowest BCUT2D eigenvalue weighted by Crippen LogP contribution is -1.92. The standard InChI is InChI=1S/C22H18O.C2H6/c23-19-12-10-16(11-13-19)14-22-20-9-5-4-8-18(20)15-21(22)17-6-2-1-3-7-17;1-2/h1-13,23H,14-15H2;1-2H3. The molecule has 0 heterocycles. The van der Waals surface area contributed by atoms with Crippen LogP contribution in [0.15, 0.2) is 78.9 Å². The van der Waals surface area contributed by atoms with E-state index in [1.165, 1.54) is 33.4 Å². The Labute approximate surface area is 150 Å². The van der Waals surface area contributed by atoms with Crippen LogP contribution in [0.5, 0.6) is 5.75 Å². The topological polar surface area (TPSA) is 20.2 Å². The number of aromatic hydroxyl groups is 1. The molecule has 1 heteroatoms. The fourth-order valence-electron chi connectivity index (χ4n) is 3.36. The monoisotopic (exact) mass is 328 g/mol. The van der Waals surface area contributed by atoms with E-state index in [2.05, 4.69) is 54.6 Å². The van der Waals surface area contributed by atoms with Crippen molar-refractivity contribution in [2.45, 2.75) is 26.7 Å². The highest BCUT2D eigenvalue weighted by atomic mass is 16.3. The second kappa shape index (κ2) is 7.85. The molecule has 0 unspecified atom stereocenters. The van der Waals surface area contributed by atoms with Crippen molar-refractivity contribution in [3.05, 3.63) is 101 Å². The van der Waals surface area contributed by atoms with Gasteiger partial charge in [-0.05, 0) is 58.4 Å². The van der Waals surface area contributed by atoms with Crippen molar-refractivity contribution in [3.63, 3.8) is 0 Å². The Bertz CT molecular complexity index is 858. The number of allylic oxidation sites excluding steroid dienone is 2. The highest BCUT2D eigenvalue weighted by Crippen LogP contribution is 2.40. The van der Waals surface area contributed by atoms with Gasteiger partial charge in [0, 0.05) is 0 Å². The fourth-order valence-corrected chi connectivity index (χ4v) is 3.36. The van der Waals surface area contributed by atoms with E-state index in [0.717, 1.165) is 12.8 Å². The second-order valence-corrected chi connectivity index (χ2v) is 6.00. The van der Waals surface area contributed by atoms with E-state index < -0.39 is 0 Å². The smallest absolute Gasteiger partial charge is 0.115 e. The Morgan fingerprint density at radius 1 is 0.760 bits per heavy atom. The molecular formula is C24H24O. The Hall–Kier alpha value is -2.80. The Kier molecular flexibility index (Phi) is 5.35. The van der Waals surface area contributed by atoms with Crippen LogP contribution >= 0.6 is 0 Å². The van der Waals surface area contributed by atoms with E-state index in [4.69, 9.17) is 0 Å². The minimum Gasteiger partial charge on any atom is -0.508 e. The Balaban J connectivity index is 0.000000880. The second-order valence-electron chi connectivity index (χ2n) is 6.00. The normalized spacial score (nSPS) is 12.4. The van der Waals surface area contributed by atoms with Crippen LogP contribution in [0.1, 0.15) is 36.1 Å². The number of phenols is 1. The minimum atomic E-state index is 0.317. The molecule has 0 saturated heterocycles. The molecule has 0 atom stereocenters. The van der Waals surface area contributed by atoms with Gasteiger partial charge in [0.25, 0.3) is 0 Å². The molecular weight excluding hydrogens is 304 g/mol. The maximum absolute atomic E-state index is 9.49. The molecule has 1 N–H and O–H groups in total. The van der Waals surface area contributed by atoms with E-state index in [1.54, 1.807) is 12.1 Å². The zero-order valence-electron chi connectivity index (χ0n) is 14.9. The molecule has 0 amide bonds. The molecule has 4 rings (SSSR count). The largest absolute Gasteiger partial charge is 0.508 e. The molecule has 1 nitrogen and oxygen atoms in total. The number of hydrogen-bond acceptors (Lipinski definition) is 1. The van der Waals surface area contributed by atoms with Crippen LogP contribution in [0.25, 0.3) is 11.1 Å². The Morgan fingerprint density at radius 2 is 1.40 bits per heavy atom. The van der Waals surface area contributed by atoms with Crippen molar-refractivity contribution in [2.75, 3.05) is 0 Å². The first-order valence-electron chi connectivity index (χ1n) is 8.95. The molecule has 1 aliphatic rings. The molecule has 0 aliphatic heterocycles. The molecule has 0 fully saturated rings. The van der Waals surface area contributed by atoms with Gasteiger partial charge in [0.2, 0.25) is 0 Å². The van der Waals surface area contributed by atoms with Crippen LogP contribution in [0.3, 0.4) is 0 Å². The SMILES string of the molecule is CC.Oc1ccc(CC2=C(c3ccccc3)Cc3ccccc32)cc1. The molecule has 0 radical (unpaired) electrons. The van der Waals surface area contributed by atoms with Gasteiger partial charge in [-0.2, -0.15) is 0 Å². The number of rotatable bonds is 3. The van der Waals surface area contributed by atoms with Gasteiger partial charge in [-0.15, -0.1) is 0 Å². The summed E-state index contributed by atoms with van der Waals surface area (Å²) < 4.78 is 0. The van der Waals surface area contributed by atoms with Crippen LogP contribution in [-0.2, 0) is 12.8 Å². The van der Waals surface area contributed by atoms with Gasteiger partial charge in [-0.1, -0.05) is 80.6 Å². The molecule has 3 aromatic rings. The zero-order chi connectivity index (χ0) is 17.6. The number of phenolic OH excluding ortho intramolecular Hbond substituents is 1. The van der Waals surface area contributed by atoms with E-state index in [9.17, 15) is 5.11 Å². The number of benzene rings is 3. The summed E-state index contributed by atoms with van der Waals surface area (Å²) in [5.41, 5.74) is 8.11. The fraction of sp³-hybridized carbons (Fsp3) is 0.167. The van der Waals surface area contributed by atoms with Gasteiger partial charge < -0.3 is 5.11 Å². The summed E-state index contributed by atoms with van der Waals surface area (Å²) >= 11 is 0. The highest BCUT2D eigenvalue weighted by Gasteiger charge is 2.22. The van der Waals surface area contributed by atoms with Crippen molar-refractivity contribution in [1.29, 1.82) is 0 Å². The summed E-state index contributed by atoms with van der Waals surface area (Å²) in [6, 6.07) is 26.9. The van der Waals surface area contributed by atoms with Crippen LogP contribution < -0.4 is 0 Å². The quantitative estimate of drug-likeness (QED) is 0.613. The molecule has 3 aromatic carbocycles. The van der Waals surface area contributed by atoms with Crippen LogP contribution in [0, 0.1) is 0 Å². The summed E-state index contributed by atoms with van der Waals surface area (Å²) in [4.78, 5) is 0. The van der Waals surface area contributed by atoms with Crippen LogP contribution in [-0.4, -0.2) is 5.11 Å². The summed E-state index contributed by atoms with van der Waals surface area (Å²) in [5, 5.41) is 9.49. The first kappa shape index (κ1) is 17.0. The van der Waals surface area contributed by atoms with E-state index >= 15 is 0 Å². The lowest BCUT2D eigenvalue weighted by Gasteiger charge is -2.10. The Morgan fingerprint density at radius 3 is 2.12 bits per heavy atom. The highest BCUT2D eigenvalue weighted by molar-refractivity contribution is 5.97. The third-order valence-corrected chi connectivity index (χ3v) is 4.51. The third-order valence-electron chi connectivity index (χ3n) is 4.51. The zero-order valence-corrected chi connectivity index (χ0v) is 14.9. The maximum Gasteiger partial charge on any atom is 0.115 e. The van der Waals surface area contributed by atoms with Gasteiger partial charge in [0.15, 0.2) is 0 Å². The molecule has 25 heavy (non-hydrogen) atoms. The van der Waals surface area contributed by atoms with Crippen molar-refractivity contribution >= 4 is 11.1 Å². The summed E-state index contributed by atoms with van der Waals surface area (Å²) in [5.74, 6) is 0.317. The van der Waals surface area contributed by atoms with Crippen molar-refractivity contribution in [1.82, 2.24) is 0 Å². The molecule has 126 valence electrons. The molecule has 0 aromatic heterocycles. The molecule has 0 bridgehead atoms. The predicted octanol–water partition coefficient (Wildman–Crippen LogP) is 6.13. The van der Waals surface area contributed by atoms with Gasteiger partial charge in [0.05, 0.1) is 0 Å². The first-order valence-corrected chi connectivity index (χ1v) is 8.95. The average molecular weight is 328 g/mol.